The van der Waals surface area contributed by atoms with E-state index >= 15 is 0 Å². The van der Waals surface area contributed by atoms with Gasteiger partial charge in [0.2, 0.25) is 0 Å². The van der Waals surface area contributed by atoms with Gasteiger partial charge in [-0.25, -0.2) is 0 Å². The van der Waals surface area contributed by atoms with Crippen molar-refractivity contribution < 1.29 is 0 Å². The van der Waals surface area contributed by atoms with Crippen molar-refractivity contribution in [3.63, 3.8) is 0 Å². The molecule has 104 valence electrons. The number of allylic oxidation sites excluding steroid dienone is 4. The van der Waals surface area contributed by atoms with Crippen LogP contribution >= 0.6 is 0 Å². The van der Waals surface area contributed by atoms with E-state index in [1.165, 1.54) is 11.1 Å². The molecule has 0 unspecified atom stereocenters. The summed E-state index contributed by atoms with van der Waals surface area (Å²) in [7, 11) is 2.10. The average molecular weight is 258 g/mol. The van der Waals surface area contributed by atoms with Crippen LogP contribution in [-0.4, -0.2) is 13.6 Å². The summed E-state index contributed by atoms with van der Waals surface area (Å²) in [4.78, 5) is 2.23. The third-order valence-electron chi connectivity index (χ3n) is 3.30. The summed E-state index contributed by atoms with van der Waals surface area (Å²) in [6.07, 6.45) is 8.70. The average Bonchev–Trinajstić information content (AvgIpc) is 2.37. The topological polar surface area (TPSA) is 29.3 Å². The van der Waals surface area contributed by atoms with Gasteiger partial charge in [0.1, 0.15) is 0 Å². The zero-order chi connectivity index (χ0) is 14.3. The molecule has 0 saturated heterocycles. The first kappa shape index (κ1) is 15.4. The summed E-state index contributed by atoms with van der Waals surface area (Å²) < 4.78 is 0. The normalized spacial score (nSPS) is 12.1. The quantitative estimate of drug-likeness (QED) is 0.608. The lowest BCUT2D eigenvalue weighted by Gasteiger charge is -2.21. The predicted octanol–water partition coefficient (Wildman–Crippen LogP) is 4.32. The molecular formula is C17H26N2. The van der Waals surface area contributed by atoms with Crippen LogP contribution < -0.4 is 10.6 Å². The predicted molar refractivity (Wildman–Crippen MR) is 86.7 cm³/mol. The van der Waals surface area contributed by atoms with E-state index < -0.39 is 0 Å². The lowest BCUT2D eigenvalue weighted by atomic mass is 10.1. The molecule has 0 fully saturated rings. The molecule has 0 saturated carbocycles. The van der Waals surface area contributed by atoms with Crippen molar-refractivity contribution >= 4 is 11.4 Å². The summed E-state index contributed by atoms with van der Waals surface area (Å²) in [6.45, 7) is 7.23. The van der Waals surface area contributed by atoms with Crippen LogP contribution in [0.4, 0.5) is 11.4 Å². The molecule has 0 aliphatic rings. The Bertz CT molecular complexity index is 458. The van der Waals surface area contributed by atoms with E-state index in [1.54, 1.807) is 0 Å². The van der Waals surface area contributed by atoms with Crippen molar-refractivity contribution in [2.45, 2.75) is 33.6 Å². The number of rotatable bonds is 6. The highest BCUT2D eigenvalue weighted by Crippen LogP contribution is 2.23. The second kappa shape index (κ2) is 7.67. The Morgan fingerprint density at radius 2 is 2.05 bits per heavy atom. The molecule has 0 aliphatic carbocycles. The number of hydrogen-bond donors (Lipinski definition) is 1. The smallest absolute Gasteiger partial charge is 0.0597 e. The number of benzene rings is 1. The third kappa shape index (κ3) is 4.82. The molecule has 2 N–H and O–H groups in total. The molecular weight excluding hydrogens is 232 g/mol. The number of anilines is 2. The second-order valence-electron chi connectivity index (χ2n) is 4.95. The van der Waals surface area contributed by atoms with Crippen molar-refractivity contribution in [1.29, 1.82) is 0 Å². The molecule has 0 aromatic heterocycles. The first-order valence-electron chi connectivity index (χ1n) is 6.93. The highest BCUT2D eigenvalue weighted by molar-refractivity contribution is 5.68. The summed E-state index contributed by atoms with van der Waals surface area (Å²) in [5.74, 6) is 0. The molecule has 0 aliphatic heterocycles. The van der Waals surface area contributed by atoms with Gasteiger partial charge in [-0.3, -0.25) is 0 Å². The number of nitrogens with zero attached hydrogens (tertiary/aromatic N) is 1. The molecule has 0 spiro atoms. The van der Waals surface area contributed by atoms with Gasteiger partial charge in [-0.15, -0.1) is 0 Å². The molecule has 1 rings (SSSR count). The number of hydrogen-bond acceptors (Lipinski definition) is 2. The van der Waals surface area contributed by atoms with Gasteiger partial charge in [0.15, 0.2) is 0 Å². The standard InChI is InChI=1S/C17H26N2/c1-5-8-15(6-2)9-7-12-19(4)17-11-10-14(3)13-16(17)18/h5-6,8,10-11,13H,7,9,12,18H2,1-4H3/b8-5-,15-6+. The third-order valence-corrected chi connectivity index (χ3v) is 3.30. The number of nitrogens with two attached hydrogens (primary N) is 1. The fraction of sp³-hybridized carbons (Fsp3) is 0.412. The van der Waals surface area contributed by atoms with Crippen LogP contribution in [0.15, 0.2) is 42.0 Å². The van der Waals surface area contributed by atoms with Gasteiger partial charge in [-0.1, -0.05) is 29.9 Å². The van der Waals surface area contributed by atoms with Crippen molar-refractivity contribution in [1.82, 2.24) is 0 Å². The van der Waals surface area contributed by atoms with E-state index in [0.29, 0.717) is 0 Å². The fourth-order valence-corrected chi connectivity index (χ4v) is 2.20. The Morgan fingerprint density at radius 3 is 2.63 bits per heavy atom. The van der Waals surface area contributed by atoms with E-state index in [0.717, 1.165) is 30.8 Å². The van der Waals surface area contributed by atoms with Crippen molar-refractivity contribution in [2.75, 3.05) is 24.2 Å². The van der Waals surface area contributed by atoms with Crippen LogP contribution in [0.25, 0.3) is 0 Å². The van der Waals surface area contributed by atoms with E-state index in [9.17, 15) is 0 Å². The van der Waals surface area contributed by atoms with Gasteiger partial charge in [0.25, 0.3) is 0 Å². The van der Waals surface area contributed by atoms with Gasteiger partial charge in [0.05, 0.1) is 11.4 Å². The zero-order valence-corrected chi connectivity index (χ0v) is 12.6. The SMILES string of the molecule is C/C=C\C(=C/C)CCCN(C)c1ccc(C)cc1N. The van der Waals surface area contributed by atoms with Crippen LogP contribution in [0.3, 0.4) is 0 Å². The van der Waals surface area contributed by atoms with Crippen molar-refractivity contribution in [2.24, 2.45) is 0 Å². The Balaban J connectivity index is 2.54. The molecule has 1 aromatic rings. The van der Waals surface area contributed by atoms with Gasteiger partial charge in [-0.2, -0.15) is 0 Å². The summed E-state index contributed by atoms with van der Waals surface area (Å²) >= 11 is 0. The number of aryl methyl sites for hydroxylation is 1. The van der Waals surface area contributed by atoms with Gasteiger partial charge in [-0.05, 0) is 51.3 Å². The van der Waals surface area contributed by atoms with Crippen LogP contribution in [0.2, 0.25) is 0 Å². The molecule has 19 heavy (non-hydrogen) atoms. The Morgan fingerprint density at radius 1 is 1.32 bits per heavy atom. The molecule has 2 nitrogen and oxygen atoms in total. The molecule has 0 atom stereocenters. The van der Waals surface area contributed by atoms with Gasteiger partial charge in [0, 0.05) is 13.6 Å². The molecule has 2 heteroatoms. The molecule has 0 radical (unpaired) electrons. The zero-order valence-electron chi connectivity index (χ0n) is 12.6. The van der Waals surface area contributed by atoms with Crippen LogP contribution in [0, 0.1) is 6.92 Å². The minimum Gasteiger partial charge on any atom is -0.397 e. The summed E-state index contributed by atoms with van der Waals surface area (Å²) in [6, 6.07) is 6.25. The van der Waals surface area contributed by atoms with Crippen molar-refractivity contribution in [3.05, 3.63) is 47.6 Å². The summed E-state index contributed by atoms with van der Waals surface area (Å²) in [5.41, 5.74) is 10.7. The van der Waals surface area contributed by atoms with Gasteiger partial charge < -0.3 is 10.6 Å². The minimum atomic E-state index is 0.863. The maximum absolute atomic E-state index is 6.06. The minimum absolute atomic E-state index is 0.863. The van der Waals surface area contributed by atoms with Crippen molar-refractivity contribution in [3.8, 4) is 0 Å². The lowest BCUT2D eigenvalue weighted by molar-refractivity contribution is 0.788. The Kier molecular flexibility index (Phi) is 6.20. The van der Waals surface area contributed by atoms with E-state index in [2.05, 4.69) is 63.1 Å². The number of nitrogen functional groups attached to an aromatic ring is 1. The summed E-state index contributed by atoms with van der Waals surface area (Å²) in [5, 5.41) is 0. The van der Waals surface area contributed by atoms with E-state index in [1.807, 2.05) is 6.07 Å². The second-order valence-corrected chi connectivity index (χ2v) is 4.95. The van der Waals surface area contributed by atoms with E-state index in [4.69, 9.17) is 5.73 Å². The fourth-order valence-electron chi connectivity index (χ4n) is 2.20. The first-order valence-corrected chi connectivity index (χ1v) is 6.93. The van der Waals surface area contributed by atoms with Crippen LogP contribution in [0.5, 0.6) is 0 Å². The lowest BCUT2D eigenvalue weighted by Crippen LogP contribution is -2.19. The maximum Gasteiger partial charge on any atom is 0.0597 e. The Hall–Kier alpha value is -1.70. The monoisotopic (exact) mass is 258 g/mol. The molecule has 0 heterocycles. The molecule has 0 amide bonds. The Labute approximate surface area is 117 Å². The highest BCUT2D eigenvalue weighted by atomic mass is 15.1. The molecule has 0 bridgehead atoms. The van der Waals surface area contributed by atoms with Crippen LogP contribution in [0.1, 0.15) is 32.3 Å². The maximum atomic E-state index is 6.06. The highest BCUT2D eigenvalue weighted by Gasteiger charge is 2.05. The first-order chi connectivity index (χ1) is 9.08. The van der Waals surface area contributed by atoms with Crippen LogP contribution in [-0.2, 0) is 0 Å². The van der Waals surface area contributed by atoms with Gasteiger partial charge >= 0.3 is 0 Å². The van der Waals surface area contributed by atoms with E-state index in [-0.39, 0.29) is 0 Å². The largest absolute Gasteiger partial charge is 0.397 e. The molecule has 1 aromatic carbocycles.